The van der Waals surface area contributed by atoms with Crippen molar-refractivity contribution in [1.82, 2.24) is 5.32 Å². The topological polar surface area (TPSA) is 34.4 Å². The van der Waals surface area contributed by atoms with Crippen molar-refractivity contribution in [3.8, 4) is 0 Å². The third-order valence-electron chi connectivity index (χ3n) is 2.17. The fraction of sp³-hybridized carbons (Fsp3) is 0.667. The SMILES string of the molecule is CNCc1coc(COCCC(C)C)c1. The lowest BCUT2D eigenvalue weighted by Crippen LogP contribution is -2.03. The number of nitrogens with one attached hydrogen (secondary N) is 1. The molecular formula is C12H21NO2. The third-order valence-corrected chi connectivity index (χ3v) is 2.17. The number of ether oxygens (including phenoxy) is 1. The Labute approximate surface area is 91.8 Å². The second kappa shape index (κ2) is 6.64. The fourth-order valence-electron chi connectivity index (χ4n) is 1.29. The molecule has 1 rings (SSSR count). The number of hydrogen-bond acceptors (Lipinski definition) is 3. The quantitative estimate of drug-likeness (QED) is 0.704. The van der Waals surface area contributed by atoms with Crippen molar-refractivity contribution in [1.29, 1.82) is 0 Å². The summed E-state index contributed by atoms with van der Waals surface area (Å²) in [6, 6.07) is 2.03. The summed E-state index contributed by atoms with van der Waals surface area (Å²) in [5, 5.41) is 3.08. The fourth-order valence-corrected chi connectivity index (χ4v) is 1.29. The molecule has 0 saturated heterocycles. The summed E-state index contributed by atoms with van der Waals surface area (Å²) in [5.74, 6) is 1.60. The molecule has 0 amide bonds. The maximum absolute atomic E-state index is 5.51. The zero-order valence-corrected chi connectivity index (χ0v) is 9.88. The maximum Gasteiger partial charge on any atom is 0.129 e. The zero-order valence-electron chi connectivity index (χ0n) is 9.88. The Morgan fingerprint density at radius 1 is 1.47 bits per heavy atom. The summed E-state index contributed by atoms with van der Waals surface area (Å²) in [5.41, 5.74) is 1.17. The summed E-state index contributed by atoms with van der Waals surface area (Å²) in [7, 11) is 1.92. The molecule has 0 unspecified atom stereocenters. The Morgan fingerprint density at radius 3 is 2.93 bits per heavy atom. The van der Waals surface area contributed by atoms with E-state index in [4.69, 9.17) is 9.15 Å². The van der Waals surface area contributed by atoms with Crippen LogP contribution in [0.4, 0.5) is 0 Å². The minimum Gasteiger partial charge on any atom is -0.467 e. The minimum atomic E-state index is 0.580. The molecule has 0 atom stereocenters. The van der Waals surface area contributed by atoms with E-state index < -0.39 is 0 Å². The highest BCUT2D eigenvalue weighted by Gasteiger charge is 2.01. The predicted octanol–water partition coefficient (Wildman–Crippen LogP) is 2.56. The van der Waals surface area contributed by atoms with Gasteiger partial charge >= 0.3 is 0 Å². The van der Waals surface area contributed by atoms with Crippen molar-refractivity contribution < 1.29 is 9.15 Å². The first-order valence-electron chi connectivity index (χ1n) is 5.51. The van der Waals surface area contributed by atoms with Gasteiger partial charge in [0.05, 0.1) is 6.26 Å². The molecule has 0 aliphatic carbocycles. The first-order chi connectivity index (χ1) is 7.22. The van der Waals surface area contributed by atoms with Crippen LogP contribution in [-0.4, -0.2) is 13.7 Å². The third kappa shape index (κ3) is 5.00. The molecule has 1 aromatic rings. The molecule has 0 aliphatic rings. The monoisotopic (exact) mass is 211 g/mol. The van der Waals surface area contributed by atoms with Gasteiger partial charge in [-0.3, -0.25) is 0 Å². The van der Waals surface area contributed by atoms with Crippen molar-refractivity contribution in [3.05, 3.63) is 23.7 Å². The smallest absolute Gasteiger partial charge is 0.129 e. The lowest BCUT2D eigenvalue weighted by atomic mass is 10.1. The molecule has 3 heteroatoms. The van der Waals surface area contributed by atoms with Crippen LogP contribution >= 0.6 is 0 Å². The Kier molecular flexibility index (Phi) is 5.43. The summed E-state index contributed by atoms with van der Waals surface area (Å²) in [4.78, 5) is 0. The molecule has 1 heterocycles. The summed E-state index contributed by atoms with van der Waals surface area (Å²) in [6.45, 7) is 6.62. The van der Waals surface area contributed by atoms with Crippen LogP contribution in [0.15, 0.2) is 16.7 Å². The van der Waals surface area contributed by atoms with E-state index in [1.165, 1.54) is 5.56 Å². The van der Waals surface area contributed by atoms with Gasteiger partial charge in [0, 0.05) is 18.7 Å². The first-order valence-corrected chi connectivity index (χ1v) is 5.51. The average molecular weight is 211 g/mol. The Morgan fingerprint density at radius 2 is 2.27 bits per heavy atom. The summed E-state index contributed by atoms with van der Waals surface area (Å²) in [6.07, 6.45) is 2.88. The van der Waals surface area contributed by atoms with Gasteiger partial charge in [-0.15, -0.1) is 0 Å². The Balaban J connectivity index is 2.19. The van der Waals surface area contributed by atoms with Crippen LogP contribution in [0.25, 0.3) is 0 Å². The first kappa shape index (κ1) is 12.3. The van der Waals surface area contributed by atoms with E-state index in [1.54, 1.807) is 6.26 Å². The molecule has 0 aromatic carbocycles. The van der Waals surface area contributed by atoms with Crippen LogP contribution in [0.1, 0.15) is 31.6 Å². The van der Waals surface area contributed by atoms with E-state index in [9.17, 15) is 0 Å². The standard InChI is InChI=1S/C12H21NO2/c1-10(2)4-5-14-9-12-6-11(7-13-3)8-15-12/h6,8,10,13H,4-5,7,9H2,1-3H3. The number of furan rings is 1. The van der Waals surface area contributed by atoms with Crippen molar-refractivity contribution in [2.75, 3.05) is 13.7 Å². The average Bonchev–Trinajstić information content (AvgIpc) is 2.61. The van der Waals surface area contributed by atoms with E-state index in [-0.39, 0.29) is 0 Å². The number of rotatable bonds is 7. The molecule has 0 saturated carbocycles. The minimum absolute atomic E-state index is 0.580. The molecule has 0 fully saturated rings. The predicted molar refractivity (Wildman–Crippen MR) is 60.6 cm³/mol. The van der Waals surface area contributed by atoms with Crippen LogP contribution in [0, 0.1) is 5.92 Å². The second-order valence-electron chi connectivity index (χ2n) is 4.19. The van der Waals surface area contributed by atoms with Gasteiger partial charge in [0.25, 0.3) is 0 Å². The van der Waals surface area contributed by atoms with Gasteiger partial charge in [0.2, 0.25) is 0 Å². The van der Waals surface area contributed by atoms with E-state index in [2.05, 4.69) is 19.2 Å². The van der Waals surface area contributed by atoms with Crippen molar-refractivity contribution in [2.24, 2.45) is 5.92 Å². The Hall–Kier alpha value is -0.800. The largest absolute Gasteiger partial charge is 0.467 e. The van der Waals surface area contributed by atoms with Crippen molar-refractivity contribution in [3.63, 3.8) is 0 Å². The molecule has 0 bridgehead atoms. The van der Waals surface area contributed by atoms with Gasteiger partial charge < -0.3 is 14.5 Å². The summed E-state index contributed by atoms with van der Waals surface area (Å²) >= 11 is 0. The van der Waals surface area contributed by atoms with E-state index in [0.717, 1.165) is 25.3 Å². The van der Waals surface area contributed by atoms with Gasteiger partial charge in [-0.05, 0) is 25.5 Å². The molecule has 3 nitrogen and oxygen atoms in total. The van der Waals surface area contributed by atoms with Gasteiger partial charge in [-0.25, -0.2) is 0 Å². The molecule has 0 spiro atoms. The van der Waals surface area contributed by atoms with Gasteiger partial charge in [0.15, 0.2) is 0 Å². The normalized spacial score (nSPS) is 11.2. The molecular weight excluding hydrogens is 190 g/mol. The lowest BCUT2D eigenvalue weighted by Gasteiger charge is -2.04. The molecule has 0 radical (unpaired) electrons. The van der Waals surface area contributed by atoms with Gasteiger partial charge in [0.1, 0.15) is 12.4 Å². The lowest BCUT2D eigenvalue weighted by molar-refractivity contribution is 0.0970. The van der Waals surface area contributed by atoms with Crippen LogP contribution < -0.4 is 5.32 Å². The summed E-state index contributed by atoms with van der Waals surface area (Å²) < 4.78 is 10.9. The molecule has 1 aromatic heterocycles. The van der Waals surface area contributed by atoms with Gasteiger partial charge in [-0.1, -0.05) is 13.8 Å². The van der Waals surface area contributed by atoms with E-state index in [1.807, 2.05) is 13.1 Å². The van der Waals surface area contributed by atoms with Crippen LogP contribution in [0.5, 0.6) is 0 Å². The zero-order chi connectivity index (χ0) is 11.1. The second-order valence-corrected chi connectivity index (χ2v) is 4.19. The van der Waals surface area contributed by atoms with Crippen LogP contribution in [-0.2, 0) is 17.9 Å². The highest BCUT2D eigenvalue weighted by atomic mass is 16.5. The van der Waals surface area contributed by atoms with Crippen molar-refractivity contribution in [2.45, 2.75) is 33.4 Å². The Bertz CT molecular complexity index is 268. The highest BCUT2D eigenvalue weighted by molar-refractivity contribution is 5.11. The van der Waals surface area contributed by atoms with E-state index >= 15 is 0 Å². The number of hydrogen-bond donors (Lipinski definition) is 1. The van der Waals surface area contributed by atoms with Gasteiger partial charge in [-0.2, -0.15) is 0 Å². The maximum atomic E-state index is 5.51. The van der Waals surface area contributed by atoms with Crippen LogP contribution in [0.2, 0.25) is 0 Å². The van der Waals surface area contributed by atoms with Crippen LogP contribution in [0.3, 0.4) is 0 Å². The highest BCUT2D eigenvalue weighted by Crippen LogP contribution is 2.09. The molecule has 0 aliphatic heterocycles. The van der Waals surface area contributed by atoms with E-state index in [0.29, 0.717) is 12.5 Å². The van der Waals surface area contributed by atoms with Crippen molar-refractivity contribution >= 4 is 0 Å². The molecule has 1 N–H and O–H groups in total. The molecule has 15 heavy (non-hydrogen) atoms. The molecule has 86 valence electrons.